The fourth-order valence-electron chi connectivity index (χ4n) is 0.786. The lowest BCUT2D eigenvalue weighted by Crippen LogP contribution is -2.02. The molecule has 0 saturated carbocycles. The van der Waals surface area contributed by atoms with Gasteiger partial charge in [0.25, 0.3) is 0 Å². The Hall–Kier alpha value is -0.290. The zero-order valence-electron chi connectivity index (χ0n) is 6.27. The number of furan rings is 1. The standard InChI is InChI=1S/C7H6Br2O3/c1-11-7(10)6-4(9)3-12-5(6)2-8/h3H,2H2,1H3. The van der Waals surface area contributed by atoms with Crippen molar-refractivity contribution in [2.45, 2.75) is 5.33 Å². The van der Waals surface area contributed by atoms with E-state index in [1.807, 2.05) is 0 Å². The summed E-state index contributed by atoms with van der Waals surface area (Å²) in [6.07, 6.45) is 1.46. The van der Waals surface area contributed by atoms with Gasteiger partial charge in [-0.2, -0.15) is 0 Å². The first-order valence-electron chi connectivity index (χ1n) is 3.10. The molecule has 0 unspecified atom stereocenters. The molecule has 66 valence electrons. The number of ether oxygens (including phenoxy) is 1. The highest BCUT2D eigenvalue weighted by Crippen LogP contribution is 2.25. The lowest BCUT2D eigenvalue weighted by atomic mass is 10.3. The summed E-state index contributed by atoms with van der Waals surface area (Å²) in [7, 11) is 1.33. The molecule has 0 aliphatic carbocycles. The molecule has 0 spiro atoms. The summed E-state index contributed by atoms with van der Waals surface area (Å²) in [5.41, 5.74) is 0.439. The second-order valence-corrected chi connectivity index (χ2v) is 3.42. The fraction of sp³-hybridized carbons (Fsp3) is 0.286. The van der Waals surface area contributed by atoms with Crippen molar-refractivity contribution in [2.75, 3.05) is 7.11 Å². The van der Waals surface area contributed by atoms with Crippen LogP contribution in [0.2, 0.25) is 0 Å². The van der Waals surface area contributed by atoms with Gasteiger partial charge >= 0.3 is 5.97 Å². The summed E-state index contributed by atoms with van der Waals surface area (Å²) in [5, 5.41) is 0.489. The molecule has 5 heteroatoms. The van der Waals surface area contributed by atoms with Crippen molar-refractivity contribution in [3.8, 4) is 0 Å². The molecule has 0 N–H and O–H groups in total. The molecule has 1 heterocycles. The predicted octanol–water partition coefficient (Wildman–Crippen LogP) is 2.72. The van der Waals surface area contributed by atoms with Crippen molar-refractivity contribution in [3.63, 3.8) is 0 Å². The molecule has 0 bridgehead atoms. The number of hydrogen-bond acceptors (Lipinski definition) is 3. The molecule has 1 aromatic heterocycles. The lowest BCUT2D eigenvalue weighted by Gasteiger charge is -1.97. The Balaban J connectivity index is 3.10. The molecule has 0 radical (unpaired) electrons. The minimum absolute atomic E-state index is 0.398. The van der Waals surface area contributed by atoms with Crippen LogP contribution >= 0.6 is 31.9 Å². The average molecular weight is 298 g/mol. The van der Waals surface area contributed by atoms with Crippen molar-refractivity contribution in [3.05, 3.63) is 22.1 Å². The molecule has 3 nitrogen and oxygen atoms in total. The Kier molecular flexibility index (Phi) is 3.34. The van der Waals surface area contributed by atoms with Gasteiger partial charge in [0.15, 0.2) is 0 Å². The van der Waals surface area contributed by atoms with Gasteiger partial charge in [0.2, 0.25) is 0 Å². The Morgan fingerprint density at radius 3 is 2.92 bits per heavy atom. The smallest absolute Gasteiger partial charge is 0.342 e. The number of esters is 1. The van der Waals surface area contributed by atoms with E-state index in [0.29, 0.717) is 21.1 Å². The van der Waals surface area contributed by atoms with Gasteiger partial charge in [-0.1, -0.05) is 15.9 Å². The molecule has 0 aliphatic rings. The van der Waals surface area contributed by atoms with Gasteiger partial charge in [-0.05, 0) is 15.9 Å². The largest absolute Gasteiger partial charge is 0.466 e. The highest BCUT2D eigenvalue weighted by atomic mass is 79.9. The van der Waals surface area contributed by atoms with Crippen LogP contribution in [-0.4, -0.2) is 13.1 Å². The number of carbonyl (C=O) groups excluding carboxylic acids is 1. The topological polar surface area (TPSA) is 39.4 Å². The Morgan fingerprint density at radius 1 is 1.75 bits per heavy atom. The van der Waals surface area contributed by atoms with Crippen molar-refractivity contribution in [1.82, 2.24) is 0 Å². The normalized spacial score (nSPS) is 9.92. The van der Waals surface area contributed by atoms with Gasteiger partial charge in [0.05, 0.1) is 16.9 Å². The van der Waals surface area contributed by atoms with Crippen LogP contribution in [-0.2, 0) is 10.1 Å². The summed E-state index contributed by atoms with van der Waals surface area (Å²) in [4.78, 5) is 11.1. The molecule has 0 fully saturated rings. The van der Waals surface area contributed by atoms with Gasteiger partial charge in [-0.3, -0.25) is 0 Å². The SMILES string of the molecule is COC(=O)c1c(Br)coc1CBr. The van der Waals surface area contributed by atoms with E-state index in [-0.39, 0.29) is 0 Å². The summed E-state index contributed by atoms with van der Waals surface area (Å²) < 4.78 is 10.3. The molecule has 0 aromatic carbocycles. The monoisotopic (exact) mass is 296 g/mol. The van der Waals surface area contributed by atoms with Crippen LogP contribution in [0.3, 0.4) is 0 Å². The van der Waals surface area contributed by atoms with Crippen molar-refractivity contribution in [1.29, 1.82) is 0 Å². The first kappa shape index (κ1) is 9.80. The summed E-state index contributed by atoms with van der Waals surface area (Å²) in [6.45, 7) is 0. The molecule has 12 heavy (non-hydrogen) atoms. The average Bonchev–Trinajstić information content (AvgIpc) is 2.45. The summed E-state index contributed by atoms with van der Waals surface area (Å²) in [5.74, 6) is 0.166. The van der Waals surface area contributed by atoms with Crippen LogP contribution in [0.5, 0.6) is 0 Å². The maximum atomic E-state index is 11.1. The fourth-order valence-corrected chi connectivity index (χ4v) is 1.67. The number of hydrogen-bond donors (Lipinski definition) is 0. The van der Waals surface area contributed by atoms with Gasteiger partial charge in [-0.15, -0.1) is 0 Å². The molecule has 0 aliphatic heterocycles. The van der Waals surface area contributed by atoms with E-state index in [1.54, 1.807) is 0 Å². The van der Waals surface area contributed by atoms with Gasteiger partial charge in [0, 0.05) is 0 Å². The Labute approximate surface area is 86.3 Å². The van der Waals surface area contributed by atoms with Gasteiger partial charge < -0.3 is 9.15 Å². The number of halogens is 2. The molecule has 1 aromatic rings. The highest BCUT2D eigenvalue weighted by molar-refractivity contribution is 9.10. The number of rotatable bonds is 2. The van der Waals surface area contributed by atoms with Crippen LogP contribution < -0.4 is 0 Å². The Morgan fingerprint density at radius 2 is 2.42 bits per heavy atom. The molecule has 0 saturated heterocycles. The van der Waals surface area contributed by atoms with E-state index in [0.717, 1.165) is 0 Å². The van der Waals surface area contributed by atoms with Crippen LogP contribution in [0.4, 0.5) is 0 Å². The highest BCUT2D eigenvalue weighted by Gasteiger charge is 2.18. The summed E-state index contributed by atoms with van der Waals surface area (Å²) >= 11 is 6.38. The minimum Gasteiger partial charge on any atom is -0.466 e. The molecule has 1 rings (SSSR count). The second-order valence-electron chi connectivity index (χ2n) is 2.01. The van der Waals surface area contributed by atoms with Crippen LogP contribution in [0.25, 0.3) is 0 Å². The van der Waals surface area contributed by atoms with Crippen LogP contribution in [0.15, 0.2) is 15.2 Å². The van der Waals surface area contributed by atoms with Crippen molar-refractivity contribution < 1.29 is 13.9 Å². The minimum atomic E-state index is -0.398. The molecular weight excluding hydrogens is 292 g/mol. The van der Waals surface area contributed by atoms with Crippen molar-refractivity contribution >= 4 is 37.8 Å². The third kappa shape index (κ3) is 1.72. The Bertz CT molecular complexity index is 293. The van der Waals surface area contributed by atoms with E-state index in [4.69, 9.17) is 4.42 Å². The van der Waals surface area contributed by atoms with E-state index < -0.39 is 5.97 Å². The van der Waals surface area contributed by atoms with Crippen LogP contribution in [0.1, 0.15) is 16.1 Å². The lowest BCUT2D eigenvalue weighted by molar-refractivity contribution is 0.0598. The molecule has 0 atom stereocenters. The summed E-state index contributed by atoms with van der Waals surface area (Å²) in [6, 6.07) is 0. The van der Waals surface area contributed by atoms with Gasteiger partial charge in [0.1, 0.15) is 17.6 Å². The number of alkyl halides is 1. The number of methoxy groups -OCH3 is 1. The quantitative estimate of drug-likeness (QED) is 0.622. The van der Waals surface area contributed by atoms with E-state index >= 15 is 0 Å². The first-order valence-corrected chi connectivity index (χ1v) is 5.02. The molecular formula is C7H6Br2O3. The first-order chi connectivity index (χ1) is 5.70. The number of carbonyl (C=O) groups is 1. The maximum absolute atomic E-state index is 11.1. The third-order valence-electron chi connectivity index (χ3n) is 1.33. The maximum Gasteiger partial charge on any atom is 0.342 e. The second kappa shape index (κ2) is 4.09. The van der Waals surface area contributed by atoms with E-state index in [1.165, 1.54) is 13.4 Å². The molecule has 0 amide bonds. The zero-order chi connectivity index (χ0) is 9.14. The third-order valence-corrected chi connectivity index (χ3v) is 2.43. The van der Waals surface area contributed by atoms with E-state index in [9.17, 15) is 4.79 Å². The van der Waals surface area contributed by atoms with Crippen molar-refractivity contribution in [2.24, 2.45) is 0 Å². The van der Waals surface area contributed by atoms with Gasteiger partial charge in [-0.25, -0.2) is 4.79 Å². The zero-order valence-corrected chi connectivity index (χ0v) is 9.44. The van der Waals surface area contributed by atoms with E-state index in [2.05, 4.69) is 36.6 Å². The predicted molar refractivity (Wildman–Crippen MR) is 50.4 cm³/mol. The van der Waals surface area contributed by atoms with Crippen LogP contribution in [0, 0.1) is 0 Å².